The largest absolute Gasteiger partial charge is 0.308 e. The topological polar surface area (TPSA) is 51.0 Å². The normalized spacial score (nSPS) is 11.8. The molecule has 0 saturated carbocycles. The SMILES string of the molecule is CN(C)CCn1c(=O)c2nc3ccccc3nc2c2ccccc21. The molecule has 0 fully saturated rings. The molecule has 5 heteroatoms. The van der Waals surface area contributed by atoms with E-state index in [0.29, 0.717) is 17.6 Å². The van der Waals surface area contributed by atoms with Crippen LogP contribution in [-0.4, -0.2) is 40.1 Å². The fraction of sp³-hybridized carbons (Fsp3) is 0.211. The molecule has 0 saturated heterocycles. The van der Waals surface area contributed by atoms with Crippen molar-refractivity contribution in [3.63, 3.8) is 0 Å². The third kappa shape index (κ3) is 2.34. The number of para-hydroxylation sites is 3. The molecule has 4 rings (SSSR count). The van der Waals surface area contributed by atoms with Gasteiger partial charge in [-0.2, -0.15) is 0 Å². The molecule has 4 aromatic rings. The van der Waals surface area contributed by atoms with Crippen LogP contribution in [0.15, 0.2) is 53.3 Å². The van der Waals surface area contributed by atoms with Crippen LogP contribution in [0.4, 0.5) is 0 Å². The summed E-state index contributed by atoms with van der Waals surface area (Å²) >= 11 is 0. The Balaban J connectivity index is 2.12. The molecule has 24 heavy (non-hydrogen) atoms. The van der Waals surface area contributed by atoms with Crippen LogP contribution in [-0.2, 0) is 6.54 Å². The van der Waals surface area contributed by atoms with E-state index in [4.69, 9.17) is 4.98 Å². The highest BCUT2D eigenvalue weighted by Gasteiger charge is 2.14. The van der Waals surface area contributed by atoms with Crippen molar-refractivity contribution in [1.29, 1.82) is 0 Å². The Morgan fingerprint density at radius 1 is 0.917 bits per heavy atom. The number of hydrogen-bond acceptors (Lipinski definition) is 4. The molecule has 0 spiro atoms. The Labute approximate surface area is 139 Å². The number of benzene rings is 2. The Kier molecular flexibility index (Phi) is 3.50. The van der Waals surface area contributed by atoms with Gasteiger partial charge < -0.3 is 9.47 Å². The molecule has 0 aliphatic rings. The van der Waals surface area contributed by atoms with Crippen molar-refractivity contribution >= 4 is 33.0 Å². The van der Waals surface area contributed by atoms with E-state index in [1.165, 1.54) is 0 Å². The van der Waals surface area contributed by atoms with Gasteiger partial charge in [-0.3, -0.25) is 4.79 Å². The second kappa shape index (κ2) is 5.69. The predicted molar refractivity (Wildman–Crippen MR) is 97.4 cm³/mol. The quantitative estimate of drug-likeness (QED) is 0.430. The molecular formula is C19H18N4O. The molecule has 0 aliphatic heterocycles. The predicted octanol–water partition coefficient (Wildman–Crippen LogP) is 2.66. The summed E-state index contributed by atoms with van der Waals surface area (Å²) in [5.74, 6) is 0. The zero-order valence-corrected chi connectivity index (χ0v) is 13.7. The number of nitrogens with zero attached hydrogens (tertiary/aromatic N) is 4. The third-order valence-corrected chi connectivity index (χ3v) is 4.24. The van der Waals surface area contributed by atoms with Crippen LogP contribution >= 0.6 is 0 Å². The average Bonchev–Trinajstić information content (AvgIpc) is 2.60. The highest BCUT2D eigenvalue weighted by atomic mass is 16.1. The van der Waals surface area contributed by atoms with E-state index in [0.717, 1.165) is 28.5 Å². The summed E-state index contributed by atoms with van der Waals surface area (Å²) in [5.41, 5.74) is 3.49. The first-order chi connectivity index (χ1) is 11.6. The lowest BCUT2D eigenvalue weighted by molar-refractivity contribution is 0.384. The number of fused-ring (bicyclic) bond motifs is 4. The minimum Gasteiger partial charge on any atom is -0.308 e. The van der Waals surface area contributed by atoms with E-state index in [1.807, 2.05) is 62.6 Å². The summed E-state index contributed by atoms with van der Waals surface area (Å²) in [6, 6.07) is 15.6. The van der Waals surface area contributed by atoms with Gasteiger partial charge in [0.1, 0.15) is 5.52 Å². The molecule has 120 valence electrons. The molecular weight excluding hydrogens is 300 g/mol. The van der Waals surface area contributed by atoms with Crippen molar-refractivity contribution < 1.29 is 0 Å². The van der Waals surface area contributed by atoms with E-state index >= 15 is 0 Å². The average molecular weight is 318 g/mol. The molecule has 0 N–H and O–H groups in total. The lowest BCUT2D eigenvalue weighted by Crippen LogP contribution is -2.27. The van der Waals surface area contributed by atoms with Crippen LogP contribution in [0.2, 0.25) is 0 Å². The first-order valence-electron chi connectivity index (χ1n) is 7.98. The summed E-state index contributed by atoms with van der Waals surface area (Å²) in [6.45, 7) is 1.41. The van der Waals surface area contributed by atoms with Crippen LogP contribution in [0.25, 0.3) is 33.0 Å². The molecule has 2 aromatic heterocycles. The number of hydrogen-bond donors (Lipinski definition) is 0. The second-order valence-corrected chi connectivity index (χ2v) is 6.19. The molecule has 0 unspecified atom stereocenters. The highest BCUT2D eigenvalue weighted by Crippen LogP contribution is 2.22. The van der Waals surface area contributed by atoms with Gasteiger partial charge in [0.25, 0.3) is 5.56 Å². The summed E-state index contributed by atoms with van der Waals surface area (Å²) in [7, 11) is 4.00. The fourth-order valence-electron chi connectivity index (χ4n) is 3.01. The van der Waals surface area contributed by atoms with Crippen LogP contribution in [0.1, 0.15) is 0 Å². The summed E-state index contributed by atoms with van der Waals surface area (Å²) in [4.78, 5) is 24.4. The number of likely N-dealkylation sites (N-methyl/N-ethyl adjacent to an activating group) is 1. The van der Waals surface area contributed by atoms with Crippen LogP contribution in [0.3, 0.4) is 0 Å². The Morgan fingerprint density at radius 2 is 1.54 bits per heavy atom. The molecule has 2 heterocycles. The van der Waals surface area contributed by atoms with Crippen molar-refractivity contribution in [3.05, 3.63) is 58.9 Å². The van der Waals surface area contributed by atoms with Gasteiger partial charge in [-0.05, 0) is 32.3 Å². The summed E-state index contributed by atoms with van der Waals surface area (Å²) in [6.07, 6.45) is 0. The van der Waals surface area contributed by atoms with Crippen molar-refractivity contribution in [2.75, 3.05) is 20.6 Å². The Hall–Kier alpha value is -2.79. The van der Waals surface area contributed by atoms with Gasteiger partial charge in [0.15, 0.2) is 5.52 Å². The third-order valence-electron chi connectivity index (χ3n) is 4.24. The highest BCUT2D eigenvalue weighted by molar-refractivity contribution is 6.04. The first kappa shape index (κ1) is 14.8. The van der Waals surface area contributed by atoms with Gasteiger partial charge in [0.05, 0.1) is 16.6 Å². The molecule has 0 aliphatic carbocycles. The van der Waals surface area contributed by atoms with Crippen molar-refractivity contribution in [2.24, 2.45) is 0 Å². The van der Waals surface area contributed by atoms with E-state index in [-0.39, 0.29) is 5.56 Å². The lowest BCUT2D eigenvalue weighted by Gasteiger charge is -2.15. The van der Waals surface area contributed by atoms with Gasteiger partial charge in [-0.15, -0.1) is 0 Å². The molecule has 0 bridgehead atoms. The zero-order valence-electron chi connectivity index (χ0n) is 13.7. The number of rotatable bonds is 3. The maximum Gasteiger partial charge on any atom is 0.279 e. The molecule has 0 radical (unpaired) electrons. The van der Waals surface area contributed by atoms with E-state index in [2.05, 4.69) is 9.88 Å². The number of aromatic nitrogens is 3. The van der Waals surface area contributed by atoms with Gasteiger partial charge in [-0.1, -0.05) is 30.3 Å². The molecule has 2 aromatic carbocycles. The van der Waals surface area contributed by atoms with Crippen molar-refractivity contribution in [2.45, 2.75) is 6.54 Å². The lowest BCUT2D eigenvalue weighted by atomic mass is 10.1. The summed E-state index contributed by atoms with van der Waals surface area (Å²) < 4.78 is 1.81. The van der Waals surface area contributed by atoms with Crippen LogP contribution in [0.5, 0.6) is 0 Å². The fourth-order valence-corrected chi connectivity index (χ4v) is 3.01. The minimum absolute atomic E-state index is 0.0798. The maximum atomic E-state index is 13.0. The molecule has 0 atom stereocenters. The molecule has 5 nitrogen and oxygen atoms in total. The Bertz CT molecular complexity index is 1110. The summed E-state index contributed by atoms with van der Waals surface area (Å²) in [5, 5.41) is 0.962. The smallest absolute Gasteiger partial charge is 0.279 e. The van der Waals surface area contributed by atoms with Crippen LogP contribution < -0.4 is 5.56 Å². The molecule has 0 amide bonds. The van der Waals surface area contributed by atoms with Gasteiger partial charge in [0, 0.05) is 18.5 Å². The second-order valence-electron chi connectivity index (χ2n) is 6.19. The monoisotopic (exact) mass is 318 g/mol. The van der Waals surface area contributed by atoms with Gasteiger partial charge in [0.2, 0.25) is 0 Å². The minimum atomic E-state index is -0.0798. The van der Waals surface area contributed by atoms with Crippen molar-refractivity contribution in [3.8, 4) is 0 Å². The maximum absolute atomic E-state index is 13.0. The van der Waals surface area contributed by atoms with E-state index in [9.17, 15) is 4.79 Å². The Morgan fingerprint density at radius 3 is 2.25 bits per heavy atom. The first-order valence-corrected chi connectivity index (χ1v) is 7.98. The van der Waals surface area contributed by atoms with E-state index < -0.39 is 0 Å². The number of pyridine rings is 1. The zero-order chi connectivity index (χ0) is 16.7. The standard InChI is InChI=1S/C19H18N4O/c1-22(2)11-12-23-16-10-6-3-7-13(16)17-18(19(23)24)21-15-9-5-4-8-14(15)20-17/h3-10H,11-12H2,1-2H3. The van der Waals surface area contributed by atoms with Crippen LogP contribution in [0, 0.1) is 0 Å². The van der Waals surface area contributed by atoms with Crippen molar-refractivity contribution in [1.82, 2.24) is 19.4 Å². The van der Waals surface area contributed by atoms with E-state index in [1.54, 1.807) is 4.57 Å². The van der Waals surface area contributed by atoms with Gasteiger partial charge >= 0.3 is 0 Å². The van der Waals surface area contributed by atoms with Gasteiger partial charge in [-0.25, -0.2) is 9.97 Å².